The summed E-state index contributed by atoms with van der Waals surface area (Å²) in [5, 5.41) is 1.72. The van der Waals surface area contributed by atoms with Gasteiger partial charge in [-0.2, -0.15) is 0 Å². The zero-order chi connectivity index (χ0) is 17.6. The van der Waals surface area contributed by atoms with Crippen molar-refractivity contribution in [2.24, 2.45) is 0 Å². The summed E-state index contributed by atoms with van der Waals surface area (Å²) in [7, 11) is 0. The first-order chi connectivity index (χ1) is 12.0. The zero-order valence-electron chi connectivity index (χ0n) is 13.4. The van der Waals surface area contributed by atoms with Crippen molar-refractivity contribution >= 4 is 39.2 Å². The first-order valence-electron chi connectivity index (χ1n) is 7.80. The summed E-state index contributed by atoms with van der Waals surface area (Å²) in [6.45, 7) is 1.78. The van der Waals surface area contributed by atoms with Crippen molar-refractivity contribution in [2.45, 2.75) is 13.5 Å². The van der Waals surface area contributed by atoms with Crippen LogP contribution in [0, 0.1) is 6.92 Å². The van der Waals surface area contributed by atoms with Gasteiger partial charge in [0.1, 0.15) is 0 Å². The minimum atomic E-state index is -0.279. The van der Waals surface area contributed by atoms with E-state index in [0.29, 0.717) is 21.5 Å². The molecule has 0 unspecified atom stereocenters. The molecule has 124 valence electrons. The average molecular weight is 352 g/mol. The number of para-hydroxylation sites is 1. The molecule has 2 aromatic heterocycles. The highest BCUT2D eigenvalue weighted by Gasteiger charge is 2.17. The number of ketones is 1. The summed E-state index contributed by atoms with van der Waals surface area (Å²) in [4.78, 5) is 32.9. The van der Waals surface area contributed by atoms with Crippen LogP contribution in [0.4, 0.5) is 0 Å². The normalized spacial score (nSPS) is 11.3. The topological polar surface area (TPSA) is 67.8 Å². The van der Waals surface area contributed by atoms with Crippen LogP contribution in [0.2, 0.25) is 5.02 Å². The van der Waals surface area contributed by atoms with E-state index in [0.717, 1.165) is 16.6 Å². The molecule has 4 rings (SSSR count). The Morgan fingerprint density at radius 3 is 2.84 bits per heavy atom. The van der Waals surface area contributed by atoms with E-state index in [1.54, 1.807) is 18.2 Å². The van der Waals surface area contributed by atoms with Crippen molar-refractivity contribution in [1.82, 2.24) is 14.5 Å². The molecule has 0 radical (unpaired) electrons. The Hall–Kier alpha value is -2.92. The summed E-state index contributed by atoms with van der Waals surface area (Å²) in [6, 6.07) is 12.6. The number of hydrogen-bond acceptors (Lipinski definition) is 3. The second-order valence-electron chi connectivity index (χ2n) is 5.93. The number of carbonyl (C=O) groups excluding carboxylic acids is 1. The Labute approximate surface area is 147 Å². The van der Waals surface area contributed by atoms with E-state index >= 15 is 0 Å². The lowest BCUT2D eigenvalue weighted by Gasteiger charge is -2.07. The van der Waals surface area contributed by atoms with Crippen LogP contribution in [0.25, 0.3) is 21.8 Å². The minimum absolute atomic E-state index is 0.0724. The van der Waals surface area contributed by atoms with Gasteiger partial charge in [-0.25, -0.2) is 4.98 Å². The molecule has 0 amide bonds. The molecule has 2 heterocycles. The monoisotopic (exact) mass is 351 g/mol. The average Bonchev–Trinajstić information content (AvgIpc) is 2.93. The van der Waals surface area contributed by atoms with Crippen LogP contribution in [0.1, 0.15) is 16.1 Å². The van der Waals surface area contributed by atoms with Crippen molar-refractivity contribution in [2.75, 3.05) is 0 Å². The molecule has 2 aromatic carbocycles. The third-order valence-electron chi connectivity index (χ3n) is 4.27. The molecular weight excluding hydrogens is 338 g/mol. The van der Waals surface area contributed by atoms with Gasteiger partial charge >= 0.3 is 0 Å². The van der Waals surface area contributed by atoms with Crippen LogP contribution in [-0.4, -0.2) is 20.3 Å². The number of rotatable bonds is 3. The third-order valence-corrected chi connectivity index (χ3v) is 4.51. The number of aromatic amines is 1. The highest BCUT2D eigenvalue weighted by molar-refractivity contribution is 6.31. The predicted molar refractivity (Wildman–Crippen MR) is 98.4 cm³/mol. The van der Waals surface area contributed by atoms with Crippen LogP contribution in [0.15, 0.2) is 53.6 Å². The number of nitrogens with one attached hydrogen (secondary N) is 1. The Bertz CT molecular complexity index is 1190. The van der Waals surface area contributed by atoms with E-state index in [9.17, 15) is 9.59 Å². The maximum absolute atomic E-state index is 12.8. The van der Waals surface area contributed by atoms with Crippen LogP contribution >= 0.6 is 11.6 Å². The molecule has 6 heteroatoms. The van der Waals surface area contributed by atoms with E-state index in [1.807, 2.05) is 31.2 Å². The number of nitrogens with zero attached hydrogens (tertiary/aromatic N) is 2. The molecule has 0 aliphatic heterocycles. The molecule has 0 aliphatic rings. The smallest absolute Gasteiger partial charge is 0.261 e. The van der Waals surface area contributed by atoms with Gasteiger partial charge in [-0.3, -0.25) is 14.2 Å². The fourth-order valence-electron chi connectivity index (χ4n) is 3.11. The second kappa shape index (κ2) is 5.86. The summed E-state index contributed by atoms with van der Waals surface area (Å²) in [5.41, 5.74) is 2.57. The van der Waals surface area contributed by atoms with Gasteiger partial charge in [0, 0.05) is 27.2 Å². The predicted octanol–water partition coefficient (Wildman–Crippen LogP) is 3.72. The Balaban J connectivity index is 1.78. The first kappa shape index (κ1) is 15.6. The number of Topliss-reactive ketones (excluding diaryl/α,β-unsaturated/α-hetero) is 1. The van der Waals surface area contributed by atoms with Crippen LogP contribution in [-0.2, 0) is 6.54 Å². The molecule has 5 nitrogen and oxygen atoms in total. The first-order valence-corrected chi connectivity index (χ1v) is 8.17. The molecule has 0 fully saturated rings. The summed E-state index contributed by atoms with van der Waals surface area (Å²) in [5.74, 6) is -0.139. The number of benzene rings is 2. The molecule has 0 saturated heterocycles. The number of halogens is 1. The zero-order valence-corrected chi connectivity index (χ0v) is 14.2. The summed E-state index contributed by atoms with van der Waals surface area (Å²) in [6.07, 6.45) is 1.40. The molecule has 0 bridgehead atoms. The highest BCUT2D eigenvalue weighted by atomic mass is 35.5. The lowest BCUT2D eigenvalue weighted by atomic mass is 10.1. The van der Waals surface area contributed by atoms with E-state index in [2.05, 4.69) is 9.97 Å². The number of hydrogen-bond donors (Lipinski definition) is 1. The Morgan fingerprint density at radius 1 is 1.20 bits per heavy atom. The van der Waals surface area contributed by atoms with Gasteiger partial charge in [-0.15, -0.1) is 0 Å². The summed E-state index contributed by atoms with van der Waals surface area (Å²) >= 11 is 5.97. The van der Waals surface area contributed by atoms with E-state index < -0.39 is 0 Å². The van der Waals surface area contributed by atoms with E-state index in [4.69, 9.17) is 11.6 Å². The molecule has 25 heavy (non-hydrogen) atoms. The molecular formula is C19H14ClN3O2. The Kier molecular flexibility index (Phi) is 3.66. The number of carbonyl (C=O) groups is 1. The fourth-order valence-corrected chi connectivity index (χ4v) is 3.29. The van der Waals surface area contributed by atoms with Crippen molar-refractivity contribution in [3.8, 4) is 0 Å². The summed E-state index contributed by atoms with van der Waals surface area (Å²) < 4.78 is 1.32. The van der Waals surface area contributed by atoms with Gasteiger partial charge in [0.2, 0.25) is 0 Å². The number of aromatic nitrogens is 3. The number of H-pyrrole nitrogens is 1. The molecule has 0 atom stereocenters. The van der Waals surface area contributed by atoms with Gasteiger partial charge in [0.25, 0.3) is 5.56 Å². The third kappa shape index (κ3) is 2.62. The molecule has 4 aromatic rings. The van der Waals surface area contributed by atoms with Crippen molar-refractivity contribution in [1.29, 1.82) is 0 Å². The van der Waals surface area contributed by atoms with Gasteiger partial charge in [0.15, 0.2) is 5.78 Å². The lowest BCUT2D eigenvalue weighted by Crippen LogP contribution is -2.25. The maximum Gasteiger partial charge on any atom is 0.261 e. The van der Waals surface area contributed by atoms with Crippen LogP contribution < -0.4 is 5.56 Å². The van der Waals surface area contributed by atoms with Gasteiger partial charge in [-0.1, -0.05) is 29.8 Å². The van der Waals surface area contributed by atoms with Crippen molar-refractivity contribution in [3.63, 3.8) is 0 Å². The molecule has 0 aliphatic carbocycles. The highest BCUT2D eigenvalue weighted by Crippen LogP contribution is 2.22. The molecule has 0 saturated carbocycles. The number of aryl methyl sites for hydroxylation is 1. The van der Waals surface area contributed by atoms with Crippen molar-refractivity contribution < 1.29 is 4.79 Å². The quantitative estimate of drug-likeness (QED) is 0.572. The largest absolute Gasteiger partial charge is 0.358 e. The standard InChI is InChI=1S/C19H14ClN3O2/c1-11-18(13-4-2-3-5-16(13)22-11)17(24)9-23-10-21-15-7-6-12(20)8-14(15)19(23)25/h2-8,10,22H,9H2,1H3. The van der Waals surface area contributed by atoms with E-state index in [-0.39, 0.29) is 17.9 Å². The van der Waals surface area contributed by atoms with Crippen molar-refractivity contribution in [3.05, 3.63) is 75.4 Å². The van der Waals surface area contributed by atoms with Gasteiger partial charge < -0.3 is 4.98 Å². The number of fused-ring (bicyclic) bond motifs is 2. The molecule has 1 N–H and O–H groups in total. The van der Waals surface area contributed by atoms with Gasteiger partial charge in [-0.05, 0) is 31.2 Å². The molecule has 0 spiro atoms. The van der Waals surface area contributed by atoms with Crippen LogP contribution in [0.5, 0.6) is 0 Å². The van der Waals surface area contributed by atoms with Crippen LogP contribution in [0.3, 0.4) is 0 Å². The fraction of sp³-hybridized carbons (Fsp3) is 0.105. The maximum atomic E-state index is 12.8. The Morgan fingerprint density at radius 2 is 2.00 bits per heavy atom. The second-order valence-corrected chi connectivity index (χ2v) is 6.37. The lowest BCUT2D eigenvalue weighted by molar-refractivity contribution is 0.0971. The van der Waals surface area contributed by atoms with E-state index in [1.165, 1.54) is 10.9 Å². The SMILES string of the molecule is Cc1[nH]c2ccccc2c1C(=O)Cn1cnc2ccc(Cl)cc2c1=O. The minimum Gasteiger partial charge on any atom is -0.358 e. The van der Waals surface area contributed by atoms with Gasteiger partial charge in [0.05, 0.1) is 23.8 Å².